The summed E-state index contributed by atoms with van der Waals surface area (Å²) < 4.78 is 33.7. The average molecular weight is 368 g/mol. The minimum absolute atomic E-state index is 0.0355. The molecule has 0 unspecified atom stereocenters. The van der Waals surface area contributed by atoms with Gasteiger partial charge in [-0.1, -0.05) is 0 Å². The second-order valence-corrected chi connectivity index (χ2v) is 8.12. The van der Waals surface area contributed by atoms with Gasteiger partial charge in [-0.2, -0.15) is 4.31 Å². The summed E-state index contributed by atoms with van der Waals surface area (Å²) >= 11 is 0. The second kappa shape index (κ2) is 6.60. The Morgan fingerprint density at radius 1 is 1.28 bits per heavy atom. The van der Waals surface area contributed by atoms with Crippen molar-refractivity contribution in [3.63, 3.8) is 0 Å². The van der Waals surface area contributed by atoms with Crippen molar-refractivity contribution in [1.82, 2.24) is 18.5 Å². The van der Waals surface area contributed by atoms with E-state index in [2.05, 4.69) is 5.10 Å². The van der Waals surface area contributed by atoms with Crippen LogP contribution in [0.5, 0.6) is 0 Å². The van der Waals surface area contributed by atoms with E-state index >= 15 is 0 Å². The highest BCUT2D eigenvalue weighted by Gasteiger charge is 2.28. The minimum atomic E-state index is -3.63. The van der Waals surface area contributed by atoms with E-state index in [4.69, 9.17) is 4.74 Å². The SMILES string of the molecule is CC(C)OC(=O)Cn1nc2ccc(S(=O)(=O)N3CCCC3)cn2c1=O. The number of pyridine rings is 1. The van der Waals surface area contributed by atoms with Gasteiger partial charge in [0.1, 0.15) is 6.54 Å². The topological polar surface area (TPSA) is 103 Å². The van der Waals surface area contributed by atoms with Gasteiger partial charge in [-0.3, -0.25) is 4.79 Å². The zero-order valence-electron chi connectivity index (χ0n) is 14.1. The third-order valence-electron chi connectivity index (χ3n) is 3.90. The number of sulfonamides is 1. The summed E-state index contributed by atoms with van der Waals surface area (Å²) in [5.74, 6) is -0.578. The first-order valence-corrected chi connectivity index (χ1v) is 9.52. The summed E-state index contributed by atoms with van der Waals surface area (Å²) in [6, 6.07) is 2.88. The molecule has 25 heavy (non-hydrogen) atoms. The fraction of sp³-hybridized carbons (Fsp3) is 0.533. The normalized spacial score (nSPS) is 16.0. The molecule has 1 aliphatic heterocycles. The number of fused-ring (bicyclic) bond motifs is 1. The van der Waals surface area contributed by atoms with Crippen LogP contribution in [0.15, 0.2) is 28.0 Å². The Morgan fingerprint density at radius 2 is 1.96 bits per heavy atom. The van der Waals surface area contributed by atoms with Gasteiger partial charge in [-0.25, -0.2) is 22.3 Å². The van der Waals surface area contributed by atoms with E-state index in [0.717, 1.165) is 21.9 Å². The van der Waals surface area contributed by atoms with Gasteiger partial charge in [-0.05, 0) is 38.8 Å². The predicted octanol–water partition coefficient (Wildman–Crippen LogP) is 0.232. The van der Waals surface area contributed by atoms with Crippen LogP contribution in [0.4, 0.5) is 0 Å². The third kappa shape index (κ3) is 3.45. The van der Waals surface area contributed by atoms with Gasteiger partial charge in [-0.15, -0.1) is 5.10 Å². The molecule has 9 nitrogen and oxygen atoms in total. The first-order chi connectivity index (χ1) is 11.8. The van der Waals surface area contributed by atoms with E-state index in [1.54, 1.807) is 13.8 Å². The first kappa shape index (κ1) is 17.6. The molecule has 136 valence electrons. The van der Waals surface area contributed by atoms with Crippen LogP contribution in [-0.4, -0.2) is 52.1 Å². The lowest BCUT2D eigenvalue weighted by Gasteiger charge is -2.15. The first-order valence-electron chi connectivity index (χ1n) is 8.08. The largest absolute Gasteiger partial charge is 0.462 e. The van der Waals surface area contributed by atoms with E-state index < -0.39 is 21.7 Å². The van der Waals surface area contributed by atoms with Crippen LogP contribution >= 0.6 is 0 Å². The number of aromatic nitrogens is 3. The van der Waals surface area contributed by atoms with Crippen LogP contribution in [-0.2, 0) is 26.1 Å². The molecule has 1 saturated heterocycles. The van der Waals surface area contributed by atoms with Crippen molar-refractivity contribution >= 4 is 21.6 Å². The number of carbonyl (C=O) groups excluding carboxylic acids is 1. The van der Waals surface area contributed by atoms with Crippen molar-refractivity contribution in [2.75, 3.05) is 13.1 Å². The van der Waals surface area contributed by atoms with Gasteiger partial charge >= 0.3 is 11.7 Å². The van der Waals surface area contributed by atoms with E-state index in [1.165, 1.54) is 22.6 Å². The Morgan fingerprint density at radius 3 is 2.60 bits per heavy atom. The Kier molecular flexibility index (Phi) is 4.65. The van der Waals surface area contributed by atoms with Gasteiger partial charge < -0.3 is 4.74 Å². The molecular weight excluding hydrogens is 348 g/mol. The summed E-state index contributed by atoms with van der Waals surface area (Å²) in [6.07, 6.45) is 2.62. The summed E-state index contributed by atoms with van der Waals surface area (Å²) in [7, 11) is -3.63. The fourth-order valence-corrected chi connectivity index (χ4v) is 4.27. The van der Waals surface area contributed by atoms with E-state index in [0.29, 0.717) is 13.1 Å². The molecule has 2 aromatic heterocycles. The number of ether oxygens (including phenoxy) is 1. The molecule has 1 aliphatic rings. The number of esters is 1. The molecule has 3 heterocycles. The minimum Gasteiger partial charge on any atom is -0.462 e. The van der Waals surface area contributed by atoms with Crippen LogP contribution in [0.3, 0.4) is 0 Å². The summed E-state index contributed by atoms with van der Waals surface area (Å²) in [4.78, 5) is 24.2. The zero-order valence-corrected chi connectivity index (χ0v) is 14.9. The van der Waals surface area contributed by atoms with Crippen LogP contribution in [0.2, 0.25) is 0 Å². The summed E-state index contributed by atoms with van der Waals surface area (Å²) in [5, 5.41) is 4.04. The highest BCUT2D eigenvalue weighted by molar-refractivity contribution is 7.89. The summed E-state index contributed by atoms with van der Waals surface area (Å²) in [6.45, 7) is 4.05. The zero-order chi connectivity index (χ0) is 18.2. The highest BCUT2D eigenvalue weighted by Crippen LogP contribution is 2.20. The lowest BCUT2D eigenvalue weighted by molar-refractivity contribution is -0.148. The molecule has 2 aromatic rings. The maximum atomic E-state index is 12.6. The maximum absolute atomic E-state index is 12.6. The lowest BCUT2D eigenvalue weighted by atomic mass is 10.4. The Balaban J connectivity index is 1.94. The molecule has 1 fully saturated rings. The van der Waals surface area contributed by atoms with Crippen molar-refractivity contribution < 1.29 is 17.9 Å². The van der Waals surface area contributed by atoms with Crippen molar-refractivity contribution in [2.24, 2.45) is 0 Å². The number of carbonyl (C=O) groups is 1. The quantitative estimate of drug-likeness (QED) is 0.700. The van der Waals surface area contributed by atoms with Crippen LogP contribution in [0.1, 0.15) is 26.7 Å². The molecule has 0 aliphatic carbocycles. The smallest absolute Gasteiger partial charge is 0.350 e. The van der Waals surface area contributed by atoms with Crippen molar-refractivity contribution in [3.05, 3.63) is 28.8 Å². The Labute approximate surface area is 144 Å². The standard InChI is InChI=1S/C15H20N4O5S/c1-11(2)24-14(20)10-19-15(21)18-9-12(5-6-13(18)16-19)25(22,23)17-7-3-4-8-17/h5-6,9,11H,3-4,7-8,10H2,1-2H3. The number of hydrogen-bond donors (Lipinski definition) is 0. The van der Waals surface area contributed by atoms with E-state index in [-0.39, 0.29) is 23.2 Å². The summed E-state index contributed by atoms with van der Waals surface area (Å²) in [5.41, 5.74) is -0.322. The molecule has 10 heteroatoms. The molecule has 0 radical (unpaired) electrons. The molecular formula is C15H20N4O5S. The molecule has 0 aromatic carbocycles. The van der Waals surface area contributed by atoms with E-state index in [1.807, 2.05) is 0 Å². The molecule has 0 N–H and O–H groups in total. The van der Waals surface area contributed by atoms with Gasteiger partial charge in [0.25, 0.3) is 0 Å². The molecule has 3 rings (SSSR count). The van der Waals surface area contributed by atoms with Crippen molar-refractivity contribution in [2.45, 2.75) is 44.2 Å². The predicted molar refractivity (Wildman–Crippen MR) is 88.7 cm³/mol. The number of hydrogen-bond acceptors (Lipinski definition) is 6. The van der Waals surface area contributed by atoms with Gasteiger partial charge in [0.2, 0.25) is 10.0 Å². The van der Waals surface area contributed by atoms with Crippen molar-refractivity contribution in [3.8, 4) is 0 Å². The lowest BCUT2D eigenvalue weighted by Crippen LogP contribution is -2.29. The molecule has 0 amide bonds. The second-order valence-electron chi connectivity index (χ2n) is 6.18. The molecule has 0 atom stereocenters. The van der Waals surface area contributed by atoms with Gasteiger partial charge in [0, 0.05) is 19.3 Å². The molecule has 0 saturated carbocycles. The van der Waals surface area contributed by atoms with Crippen LogP contribution in [0, 0.1) is 0 Å². The Bertz CT molecular complexity index is 954. The van der Waals surface area contributed by atoms with Gasteiger partial charge in [0.15, 0.2) is 5.65 Å². The third-order valence-corrected chi connectivity index (χ3v) is 5.78. The van der Waals surface area contributed by atoms with Crippen LogP contribution in [0.25, 0.3) is 5.65 Å². The maximum Gasteiger partial charge on any atom is 0.350 e. The number of nitrogens with zero attached hydrogens (tertiary/aromatic N) is 4. The fourth-order valence-electron chi connectivity index (χ4n) is 2.75. The molecule has 0 spiro atoms. The average Bonchev–Trinajstić information content (AvgIpc) is 3.16. The number of rotatable bonds is 5. The van der Waals surface area contributed by atoms with Crippen molar-refractivity contribution in [1.29, 1.82) is 0 Å². The monoisotopic (exact) mass is 368 g/mol. The van der Waals surface area contributed by atoms with E-state index in [9.17, 15) is 18.0 Å². The van der Waals surface area contributed by atoms with Crippen LogP contribution < -0.4 is 5.69 Å². The Hall–Kier alpha value is -2.20. The highest BCUT2D eigenvalue weighted by atomic mass is 32.2. The van der Waals surface area contributed by atoms with Gasteiger partial charge in [0.05, 0.1) is 11.0 Å². The molecule has 0 bridgehead atoms.